The van der Waals surface area contributed by atoms with Gasteiger partial charge in [-0.1, -0.05) is 44.2 Å². The Bertz CT molecular complexity index is 946. The average molecular weight is 393 g/mol. The number of hydrogen-bond donors (Lipinski definition) is 2. The number of carbonyl (C=O) groups is 3. The molecule has 1 saturated heterocycles. The van der Waals surface area contributed by atoms with Crippen LogP contribution < -0.4 is 10.6 Å². The third-order valence-electron chi connectivity index (χ3n) is 5.24. The molecule has 1 atom stereocenters. The molecule has 29 heavy (non-hydrogen) atoms. The SMILES string of the molecule is Cc1cc(C)cc(NC(=O)CN2C(=O)N[C@](C)(c3ccc(C(C)C)cc3)C2=O)c1. The smallest absolute Gasteiger partial charge is 0.325 e. The van der Waals surface area contributed by atoms with Crippen molar-refractivity contribution >= 4 is 23.5 Å². The van der Waals surface area contributed by atoms with Crippen LogP contribution in [0.25, 0.3) is 0 Å². The van der Waals surface area contributed by atoms with E-state index in [1.807, 2.05) is 56.3 Å². The summed E-state index contributed by atoms with van der Waals surface area (Å²) in [5.74, 6) is -0.482. The van der Waals surface area contributed by atoms with Gasteiger partial charge in [0.2, 0.25) is 5.91 Å². The van der Waals surface area contributed by atoms with Gasteiger partial charge in [0.25, 0.3) is 5.91 Å². The first-order chi connectivity index (χ1) is 13.6. The summed E-state index contributed by atoms with van der Waals surface area (Å²) < 4.78 is 0. The molecule has 1 aliphatic heterocycles. The minimum Gasteiger partial charge on any atom is -0.325 e. The van der Waals surface area contributed by atoms with Crippen molar-refractivity contribution in [3.63, 3.8) is 0 Å². The zero-order chi connectivity index (χ0) is 21.3. The van der Waals surface area contributed by atoms with Crippen LogP contribution in [-0.2, 0) is 15.1 Å². The predicted molar refractivity (Wildman–Crippen MR) is 113 cm³/mol. The van der Waals surface area contributed by atoms with E-state index in [4.69, 9.17) is 0 Å². The molecular weight excluding hydrogens is 366 g/mol. The second-order valence-electron chi connectivity index (χ2n) is 8.15. The molecule has 152 valence electrons. The van der Waals surface area contributed by atoms with E-state index in [9.17, 15) is 14.4 Å². The highest BCUT2D eigenvalue weighted by atomic mass is 16.2. The quantitative estimate of drug-likeness (QED) is 0.758. The predicted octanol–water partition coefficient (Wildman–Crippen LogP) is 3.83. The van der Waals surface area contributed by atoms with Gasteiger partial charge in [0.05, 0.1) is 0 Å². The second-order valence-corrected chi connectivity index (χ2v) is 8.15. The fourth-order valence-corrected chi connectivity index (χ4v) is 3.63. The lowest BCUT2D eigenvalue weighted by atomic mass is 9.90. The van der Waals surface area contributed by atoms with E-state index in [1.165, 1.54) is 0 Å². The third kappa shape index (κ3) is 4.16. The van der Waals surface area contributed by atoms with Crippen molar-refractivity contribution in [1.82, 2.24) is 10.2 Å². The Morgan fingerprint density at radius 2 is 1.66 bits per heavy atom. The fraction of sp³-hybridized carbons (Fsp3) is 0.348. The number of urea groups is 1. The number of hydrogen-bond acceptors (Lipinski definition) is 3. The largest absolute Gasteiger partial charge is 0.325 e. The molecule has 6 heteroatoms. The standard InChI is InChI=1S/C23H27N3O3/c1-14(2)17-6-8-18(9-7-17)23(5)21(28)26(22(29)25-23)13-20(27)24-19-11-15(3)10-16(4)12-19/h6-12,14H,13H2,1-5H3,(H,24,27)(H,25,29)/t23-/m1/s1. The Morgan fingerprint density at radius 1 is 1.07 bits per heavy atom. The number of nitrogens with zero attached hydrogens (tertiary/aromatic N) is 1. The Kier molecular flexibility index (Phi) is 5.46. The third-order valence-corrected chi connectivity index (χ3v) is 5.24. The molecule has 0 unspecified atom stereocenters. The van der Waals surface area contributed by atoms with Gasteiger partial charge < -0.3 is 10.6 Å². The number of benzene rings is 2. The zero-order valence-corrected chi connectivity index (χ0v) is 17.5. The summed E-state index contributed by atoms with van der Waals surface area (Å²) >= 11 is 0. The average Bonchev–Trinajstić information content (AvgIpc) is 2.85. The number of imide groups is 1. The maximum atomic E-state index is 13.0. The van der Waals surface area contributed by atoms with Crippen LogP contribution in [0.2, 0.25) is 0 Å². The fourth-order valence-electron chi connectivity index (χ4n) is 3.63. The van der Waals surface area contributed by atoms with Crippen LogP contribution in [0.15, 0.2) is 42.5 Å². The number of rotatable bonds is 5. The van der Waals surface area contributed by atoms with Crippen molar-refractivity contribution in [3.8, 4) is 0 Å². The van der Waals surface area contributed by atoms with E-state index in [-0.39, 0.29) is 6.54 Å². The zero-order valence-electron chi connectivity index (χ0n) is 17.5. The first kappa shape index (κ1) is 20.6. The Balaban J connectivity index is 1.75. The van der Waals surface area contributed by atoms with E-state index in [0.717, 1.165) is 21.6 Å². The number of nitrogens with one attached hydrogen (secondary N) is 2. The van der Waals surface area contributed by atoms with E-state index < -0.39 is 23.4 Å². The summed E-state index contributed by atoms with van der Waals surface area (Å²) in [6, 6.07) is 12.7. The van der Waals surface area contributed by atoms with Gasteiger partial charge in [-0.3, -0.25) is 14.5 Å². The summed E-state index contributed by atoms with van der Waals surface area (Å²) in [6.07, 6.45) is 0. The summed E-state index contributed by atoms with van der Waals surface area (Å²) in [5.41, 5.74) is 3.34. The van der Waals surface area contributed by atoms with Gasteiger partial charge in [-0.2, -0.15) is 0 Å². The van der Waals surface area contributed by atoms with Gasteiger partial charge in [-0.05, 0) is 61.1 Å². The van der Waals surface area contributed by atoms with Gasteiger partial charge in [-0.25, -0.2) is 4.79 Å². The van der Waals surface area contributed by atoms with Crippen LogP contribution in [0.1, 0.15) is 48.9 Å². The molecular formula is C23H27N3O3. The van der Waals surface area contributed by atoms with E-state index in [0.29, 0.717) is 17.2 Å². The molecule has 0 bridgehead atoms. The maximum absolute atomic E-state index is 13.0. The van der Waals surface area contributed by atoms with E-state index in [2.05, 4.69) is 24.5 Å². The molecule has 0 radical (unpaired) electrons. The molecule has 6 nitrogen and oxygen atoms in total. The minimum absolute atomic E-state index is 0.336. The lowest BCUT2D eigenvalue weighted by molar-refractivity contribution is -0.133. The van der Waals surface area contributed by atoms with Crippen molar-refractivity contribution in [2.75, 3.05) is 11.9 Å². The molecule has 1 aliphatic rings. The topological polar surface area (TPSA) is 78.5 Å². The van der Waals surface area contributed by atoms with Crippen LogP contribution in [-0.4, -0.2) is 29.3 Å². The lowest BCUT2D eigenvalue weighted by Gasteiger charge is -2.22. The summed E-state index contributed by atoms with van der Waals surface area (Å²) in [6.45, 7) is 9.40. The molecule has 4 amide bonds. The Hall–Kier alpha value is -3.15. The number of amides is 4. The van der Waals surface area contributed by atoms with Crippen LogP contribution in [0.4, 0.5) is 10.5 Å². The van der Waals surface area contributed by atoms with Crippen LogP contribution >= 0.6 is 0 Å². The molecule has 2 aromatic rings. The molecule has 2 aromatic carbocycles. The van der Waals surface area contributed by atoms with E-state index in [1.54, 1.807) is 6.92 Å². The highest BCUT2D eigenvalue weighted by molar-refractivity contribution is 6.10. The van der Waals surface area contributed by atoms with Crippen molar-refractivity contribution in [3.05, 3.63) is 64.7 Å². The van der Waals surface area contributed by atoms with Crippen molar-refractivity contribution in [1.29, 1.82) is 0 Å². The summed E-state index contributed by atoms with van der Waals surface area (Å²) in [5, 5.41) is 5.51. The number of anilines is 1. The van der Waals surface area contributed by atoms with Crippen molar-refractivity contribution in [2.24, 2.45) is 0 Å². The van der Waals surface area contributed by atoms with Crippen LogP contribution in [0.5, 0.6) is 0 Å². The molecule has 1 heterocycles. The lowest BCUT2D eigenvalue weighted by Crippen LogP contribution is -2.42. The molecule has 0 aromatic heterocycles. The maximum Gasteiger partial charge on any atom is 0.325 e. The summed E-state index contributed by atoms with van der Waals surface area (Å²) in [4.78, 5) is 38.9. The number of aryl methyl sites for hydroxylation is 2. The second kappa shape index (κ2) is 7.70. The monoisotopic (exact) mass is 393 g/mol. The molecule has 3 rings (SSSR count). The highest BCUT2D eigenvalue weighted by Crippen LogP contribution is 2.30. The highest BCUT2D eigenvalue weighted by Gasteiger charge is 2.49. The van der Waals surface area contributed by atoms with Crippen molar-refractivity contribution in [2.45, 2.75) is 46.1 Å². The van der Waals surface area contributed by atoms with Gasteiger partial charge >= 0.3 is 6.03 Å². The van der Waals surface area contributed by atoms with E-state index >= 15 is 0 Å². The molecule has 1 fully saturated rings. The molecule has 0 aliphatic carbocycles. The normalized spacial score (nSPS) is 18.9. The number of carbonyl (C=O) groups excluding carboxylic acids is 3. The molecule has 0 saturated carbocycles. The van der Waals surface area contributed by atoms with Gasteiger partial charge in [0.15, 0.2) is 0 Å². The summed E-state index contributed by atoms with van der Waals surface area (Å²) in [7, 11) is 0. The van der Waals surface area contributed by atoms with Gasteiger partial charge in [0.1, 0.15) is 12.1 Å². The van der Waals surface area contributed by atoms with Gasteiger partial charge in [-0.15, -0.1) is 0 Å². The molecule has 0 spiro atoms. The Labute approximate surface area is 171 Å². The van der Waals surface area contributed by atoms with Gasteiger partial charge in [0, 0.05) is 5.69 Å². The Morgan fingerprint density at radius 3 is 2.21 bits per heavy atom. The molecule has 2 N–H and O–H groups in total. The first-order valence-corrected chi connectivity index (χ1v) is 9.73. The van der Waals surface area contributed by atoms with Crippen LogP contribution in [0.3, 0.4) is 0 Å². The first-order valence-electron chi connectivity index (χ1n) is 9.73. The van der Waals surface area contributed by atoms with Crippen LogP contribution in [0, 0.1) is 13.8 Å². The minimum atomic E-state index is -1.19. The van der Waals surface area contributed by atoms with Crippen molar-refractivity contribution < 1.29 is 14.4 Å².